The van der Waals surface area contributed by atoms with Gasteiger partial charge in [0.05, 0.1) is 5.69 Å². The molecule has 2 rings (SSSR count). The second-order valence-electron chi connectivity index (χ2n) is 4.20. The normalized spacial score (nSPS) is 16.8. The summed E-state index contributed by atoms with van der Waals surface area (Å²) < 4.78 is 0. The SMILES string of the molecule is Nc1ccc(NCC2CCCC2)nc1N. The zero-order valence-electron chi connectivity index (χ0n) is 8.87. The summed E-state index contributed by atoms with van der Waals surface area (Å²) in [5.74, 6) is 2.03. The Balaban J connectivity index is 1.90. The van der Waals surface area contributed by atoms with Crippen LogP contribution in [0.5, 0.6) is 0 Å². The lowest BCUT2D eigenvalue weighted by Gasteiger charge is -2.11. The van der Waals surface area contributed by atoms with Gasteiger partial charge in [-0.1, -0.05) is 12.8 Å². The minimum absolute atomic E-state index is 0.409. The van der Waals surface area contributed by atoms with Gasteiger partial charge in [0.1, 0.15) is 11.6 Å². The van der Waals surface area contributed by atoms with Crippen molar-refractivity contribution in [2.45, 2.75) is 25.7 Å². The van der Waals surface area contributed by atoms with Crippen molar-refractivity contribution in [3.05, 3.63) is 12.1 Å². The lowest BCUT2D eigenvalue weighted by molar-refractivity contribution is 0.579. The van der Waals surface area contributed by atoms with Gasteiger partial charge in [0.15, 0.2) is 0 Å². The fourth-order valence-corrected chi connectivity index (χ4v) is 2.05. The van der Waals surface area contributed by atoms with Crippen LogP contribution in [-0.2, 0) is 0 Å². The maximum absolute atomic E-state index is 5.63. The minimum atomic E-state index is 0.409. The molecule has 1 saturated carbocycles. The van der Waals surface area contributed by atoms with Crippen LogP contribution in [0.3, 0.4) is 0 Å². The molecule has 1 aromatic rings. The van der Waals surface area contributed by atoms with E-state index >= 15 is 0 Å². The van der Waals surface area contributed by atoms with Gasteiger partial charge in [0, 0.05) is 6.54 Å². The number of anilines is 3. The summed E-state index contributed by atoms with van der Waals surface area (Å²) in [7, 11) is 0. The number of nitrogens with one attached hydrogen (secondary N) is 1. The predicted molar refractivity (Wildman–Crippen MR) is 63.5 cm³/mol. The van der Waals surface area contributed by atoms with Gasteiger partial charge in [0.2, 0.25) is 0 Å². The third-order valence-electron chi connectivity index (χ3n) is 3.00. The monoisotopic (exact) mass is 206 g/mol. The highest BCUT2D eigenvalue weighted by molar-refractivity contribution is 5.61. The van der Waals surface area contributed by atoms with Crippen molar-refractivity contribution in [2.75, 3.05) is 23.3 Å². The fraction of sp³-hybridized carbons (Fsp3) is 0.545. The van der Waals surface area contributed by atoms with Crippen LogP contribution in [0.25, 0.3) is 0 Å². The average molecular weight is 206 g/mol. The van der Waals surface area contributed by atoms with E-state index in [0.29, 0.717) is 11.5 Å². The molecule has 0 unspecified atom stereocenters. The number of rotatable bonds is 3. The quantitative estimate of drug-likeness (QED) is 0.705. The highest BCUT2D eigenvalue weighted by Crippen LogP contribution is 2.25. The summed E-state index contributed by atoms with van der Waals surface area (Å²) in [6, 6.07) is 3.67. The van der Waals surface area contributed by atoms with Crippen molar-refractivity contribution in [1.82, 2.24) is 4.98 Å². The third kappa shape index (κ3) is 2.52. The largest absolute Gasteiger partial charge is 0.396 e. The molecule has 1 aliphatic carbocycles. The van der Waals surface area contributed by atoms with Crippen molar-refractivity contribution in [2.24, 2.45) is 5.92 Å². The van der Waals surface area contributed by atoms with E-state index in [2.05, 4.69) is 10.3 Å². The van der Waals surface area contributed by atoms with Crippen LogP contribution in [0.2, 0.25) is 0 Å². The number of pyridine rings is 1. The van der Waals surface area contributed by atoms with Gasteiger partial charge < -0.3 is 16.8 Å². The molecule has 0 spiro atoms. The Kier molecular flexibility index (Phi) is 2.94. The van der Waals surface area contributed by atoms with Gasteiger partial charge in [0.25, 0.3) is 0 Å². The van der Waals surface area contributed by atoms with Crippen molar-refractivity contribution in [3.63, 3.8) is 0 Å². The third-order valence-corrected chi connectivity index (χ3v) is 3.00. The molecule has 4 nitrogen and oxygen atoms in total. The molecular weight excluding hydrogens is 188 g/mol. The number of nitrogen functional groups attached to an aromatic ring is 2. The van der Waals surface area contributed by atoms with E-state index < -0.39 is 0 Å². The van der Waals surface area contributed by atoms with E-state index in [0.717, 1.165) is 18.3 Å². The Morgan fingerprint density at radius 1 is 1.27 bits per heavy atom. The molecule has 1 fully saturated rings. The molecule has 1 aromatic heterocycles. The molecular formula is C11H18N4. The Labute approximate surface area is 90.1 Å². The molecule has 0 radical (unpaired) electrons. The average Bonchev–Trinajstić information content (AvgIpc) is 2.73. The van der Waals surface area contributed by atoms with Crippen LogP contribution in [0.15, 0.2) is 12.1 Å². The molecule has 15 heavy (non-hydrogen) atoms. The van der Waals surface area contributed by atoms with Crippen LogP contribution in [0, 0.1) is 5.92 Å². The Morgan fingerprint density at radius 3 is 2.67 bits per heavy atom. The molecule has 5 N–H and O–H groups in total. The van der Waals surface area contributed by atoms with Crippen molar-refractivity contribution >= 4 is 17.3 Å². The first-order valence-electron chi connectivity index (χ1n) is 5.51. The van der Waals surface area contributed by atoms with Crippen molar-refractivity contribution < 1.29 is 0 Å². The van der Waals surface area contributed by atoms with Crippen LogP contribution in [0.1, 0.15) is 25.7 Å². The first-order chi connectivity index (χ1) is 7.25. The molecule has 1 heterocycles. The highest BCUT2D eigenvalue weighted by Gasteiger charge is 2.14. The van der Waals surface area contributed by atoms with Crippen LogP contribution in [0.4, 0.5) is 17.3 Å². The summed E-state index contributed by atoms with van der Waals surface area (Å²) >= 11 is 0. The second-order valence-corrected chi connectivity index (χ2v) is 4.20. The molecule has 1 aliphatic rings. The van der Waals surface area contributed by atoms with Gasteiger partial charge in [-0.2, -0.15) is 0 Å². The standard InChI is InChI=1S/C11H18N4/c12-9-5-6-10(15-11(9)13)14-7-8-3-1-2-4-8/h5-6,8H,1-4,7,12H2,(H3,13,14,15). The van der Waals surface area contributed by atoms with Crippen molar-refractivity contribution in [1.29, 1.82) is 0 Å². The number of hydrogen-bond acceptors (Lipinski definition) is 4. The fourth-order valence-electron chi connectivity index (χ4n) is 2.05. The van der Waals surface area contributed by atoms with Gasteiger partial charge >= 0.3 is 0 Å². The molecule has 82 valence electrons. The zero-order valence-corrected chi connectivity index (χ0v) is 8.87. The number of nitrogens with zero attached hydrogens (tertiary/aromatic N) is 1. The van der Waals surface area contributed by atoms with E-state index in [1.165, 1.54) is 25.7 Å². The number of aromatic nitrogens is 1. The first kappa shape index (κ1) is 10.1. The topological polar surface area (TPSA) is 77.0 Å². The van der Waals surface area contributed by atoms with Gasteiger partial charge in [-0.3, -0.25) is 0 Å². The summed E-state index contributed by atoms with van der Waals surface area (Å²) in [4.78, 5) is 4.18. The number of nitrogens with two attached hydrogens (primary N) is 2. The van der Waals surface area contributed by atoms with E-state index in [4.69, 9.17) is 11.5 Å². The lowest BCUT2D eigenvalue weighted by atomic mass is 10.1. The van der Waals surface area contributed by atoms with E-state index in [1.54, 1.807) is 6.07 Å². The smallest absolute Gasteiger partial charge is 0.149 e. The van der Waals surface area contributed by atoms with E-state index in [9.17, 15) is 0 Å². The molecule has 0 aliphatic heterocycles. The minimum Gasteiger partial charge on any atom is -0.396 e. The van der Waals surface area contributed by atoms with Gasteiger partial charge in [-0.15, -0.1) is 0 Å². The maximum Gasteiger partial charge on any atom is 0.149 e. The Morgan fingerprint density at radius 2 is 2.00 bits per heavy atom. The van der Waals surface area contributed by atoms with E-state index in [-0.39, 0.29) is 0 Å². The summed E-state index contributed by atoms with van der Waals surface area (Å²) in [6.45, 7) is 0.996. The van der Waals surface area contributed by atoms with Crippen molar-refractivity contribution in [3.8, 4) is 0 Å². The molecule has 0 bridgehead atoms. The summed E-state index contributed by atoms with van der Waals surface area (Å²) in [5, 5.41) is 3.31. The second kappa shape index (κ2) is 4.38. The number of hydrogen-bond donors (Lipinski definition) is 3. The summed E-state index contributed by atoms with van der Waals surface area (Å²) in [5.41, 5.74) is 11.8. The highest BCUT2D eigenvalue weighted by atomic mass is 15.0. The molecule has 0 aromatic carbocycles. The predicted octanol–water partition coefficient (Wildman–Crippen LogP) is 1.85. The van der Waals surface area contributed by atoms with E-state index in [1.807, 2.05) is 6.07 Å². The lowest BCUT2D eigenvalue weighted by Crippen LogP contribution is -2.12. The molecule has 0 atom stereocenters. The van der Waals surface area contributed by atoms with Gasteiger partial charge in [-0.25, -0.2) is 4.98 Å². The van der Waals surface area contributed by atoms with Crippen LogP contribution < -0.4 is 16.8 Å². The first-order valence-corrected chi connectivity index (χ1v) is 5.51. The van der Waals surface area contributed by atoms with Crippen LogP contribution >= 0.6 is 0 Å². The molecule has 0 saturated heterocycles. The summed E-state index contributed by atoms with van der Waals surface area (Å²) in [6.07, 6.45) is 5.39. The zero-order chi connectivity index (χ0) is 10.7. The molecule has 4 heteroatoms. The van der Waals surface area contributed by atoms with Gasteiger partial charge in [-0.05, 0) is 30.9 Å². The Hall–Kier alpha value is -1.45. The molecule has 0 amide bonds. The van der Waals surface area contributed by atoms with Crippen LogP contribution in [-0.4, -0.2) is 11.5 Å². The Bertz CT molecular complexity index is 331. The maximum atomic E-state index is 5.63.